The summed E-state index contributed by atoms with van der Waals surface area (Å²) in [5.74, 6) is 0.654. The number of nitrogens with zero attached hydrogens (tertiary/aromatic N) is 1. The predicted octanol–water partition coefficient (Wildman–Crippen LogP) is 3.02. The molecule has 0 saturated carbocycles. The van der Waals surface area contributed by atoms with E-state index < -0.39 is 0 Å². The fourth-order valence-corrected chi connectivity index (χ4v) is 2.45. The van der Waals surface area contributed by atoms with Gasteiger partial charge in [-0.05, 0) is 37.1 Å². The summed E-state index contributed by atoms with van der Waals surface area (Å²) in [6.07, 6.45) is 0. The van der Waals surface area contributed by atoms with E-state index in [9.17, 15) is 4.79 Å². The van der Waals surface area contributed by atoms with Crippen molar-refractivity contribution in [2.75, 3.05) is 20.1 Å². The Balaban J connectivity index is 0.00000338. The summed E-state index contributed by atoms with van der Waals surface area (Å²) in [4.78, 5) is 16.3. The Morgan fingerprint density at radius 1 is 0.962 bits per heavy atom. The summed E-state index contributed by atoms with van der Waals surface area (Å²) < 4.78 is 0. The minimum absolute atomic E-state index is 0. The summed E-state index contributed by atoms with van der Waals surface area (Å²) in [5, 5.41) is 9.39. The van der Waals surface area contributed by atoms with Gasteiger partial charge in [-0.2, -0.15) is 0 Å². The minimum Gasteiger partial charge on any atom is -0.355 e. The van der Waals surface area contributed by atoms with Gasteiger partial charge in [0, 0.05) is 32.2 Å². The van der Waals surface area contributed by atoms with Crippen molar-refractivity contribution in [3.8, 4) is 0 Å². The third kappa shape index (κ3) is 7.03. The quantitative estimate of drug-likeness (QED) is 0.266. The number of nitrogens with one attached hydrogen (secondary N) is 3. The largest absolute Gasteiger partial charge is 0.355 e. The average molecular weight is 466 g/mol. The van der Waals surface area contributed by atoms with Crippen molar-refractivity contribution in [1.29, 1.82) is 0 Å². The molecule has 0 saturated heterocycles. The van der Waals surface area contributed by atoms with E-state index >= 15 is 0 Å². The summed E-state index contributed by atoms with van der Waals surface area (Å²) >= 11 is 0. The second-order valence-electron chi connectivity index (χ2n) is 5.90. The molecule has 0 unspecified atom stereocenters. The van der Waals surface area contributed by atoms with Crippen molar-refractivity contribution in [2.24, 2.45) is 4.99 Å². The van der Waals surface area contributed by atoms with Crippen molar-refractivity contribution >= 4 is 35.8 Å². The first-order valence-electron chi connectivity index (χ1n) is 8.44. The van der Waals surface area contributed by atoms with E-state index in [4.69, 9.17) is 0 Å². The standard InChI is InChI=1S/C20H26N4O.HI/c1-15-7-6-10-17(13-15)19(25)22-11-12-23-20(21-3)24-14-18-9-5-4-8-16(18)2;/h4-10,13H,11-12,14H2,1-3H3,(H,22,25)(H2,21,23,24);1H. The van der Waals surface area contributed by atoms with Crippen LogP contribution in [0.2, 0.25) is 0 Å². The molecule has 0 atom stereocenters. The maximum Gasteiger partial charge on any atom is 0.251 e. The third-order valence-corrected chi connectivity index (χ3v) is 3.91. The Labute approximate surface area is 172 Å². The van der Waals surface area contributed by atoms with Crippen molar-refractivity contribution in [2.45, 2.75) is 20.4 Å². The van der Waals surface area contributed by atoms with Gasteiger partial charge in [-0.25, -0.2) is 0 Å². The van der Waals surface area contributed by atoms with Crippen molar-refractivity contribution in [1.82, 2.24) is 16.0 Å². The molecule has 1 amide bonds. The molecule has 0 fully saturated rings. The Morgan fingerprint density at radius 3 is 2.38 bits per heavy atom. The van der Waals surface area contributed by atoms with Crippen LogP contribution in [0.4, 0.5) is 0 Å². The summed E-state index contributed by atoms with van der Waals surface area (Å²) in [7, 11) is 1.73. The molecule has 2 aromatic carbocycles. The van der Waals surface area contributed by atoms with E-state index in [0.717, 1.165) is 5.56 Å². The maximum absolute atomic E-state index is 12.1. The lowest BCUT2D eigenvalue weighted by Crippen LogP contribution is -2.41. The average Bonchev–Trinajstić information content (AvgIpc) is 2.62. The highest BCUT2D eigenvalue weighted by molar-refractivity contribution is 14.0. The fourth-order valence-electron chi connectivity index (χ4n) is 2.45. The van der Waals surface area contributed by atoms with E-state index in [1.807, 2.05) is 43.3 Å². The van der Waals surface area contributed by atoms with E-state index in [1.54, 1.807) is 7.05 Å². The molecule has 6 heteroatoms. The molecule has 0 bridgehead atoms. The minimum atomic E-state index is -0.0617. The molecule has 0 heterocycles. The molecule has 5 nitrogen and oxygen atoms in total. The molecule has 0 aliphatic rings. The topological polar surface area (TPSA) is 65.5 Å². The second-order valence-corrected chi connectivity index (χ2v) is 5.90. The van der Waals surface area contributed by atoms with E-state index in [1.165, 1.54) is 11.1 Å². The maximum atomic E-state index is 12.1. The smallest absolute Gasteiger partial charge is 0.251 e. The molecule has 2 aromatic rings. The van der Waals surface area contributed by atoms with Crippen LogP contribution >= 0.6 is 24.0 Å². The monoisotopic (exact) mass is 466 g/mol. The van der Waals surface area contributed by atoms with Crippen molar-refractivity contribution < 1.29 is 4.79 Å². The van der Waals surface area contributed by atoms with Gasteiger partial charge >= 0.3 is 0 Å². The SMILES string of the molecule is CN=C(NCCNC(=O)c1cccc(C)c1)NCc1ccccc1C.I. The van der Waals surface area contributed by atoms with Gasteiger partial charge in [-0.1, -0.05) is 42.0 Å². The highest BCUT2D eigenvalue weighted by Gasteiger charge is 2.05. The molecule has 0 aliphatic heterocycles. The summed E-state index contributed by atoms with van der Waals surface area (Å²) in [6.45, 7) is 5.90. The highest BCUT2D eigenvalue weighted by atomic mass is 127. The van der Waals surface area contributed by atoms with Crippen LogP contribution in [0.1, 0.15) is 27.0 Å². The van der Waals surface area contributed by atoms with Gasteiger partial charge in [0.2, 0.25) is 0 Å². The lowest BCUT2D eigenvalue weighted by Gasteiger charge is -2.13. The molecule has 3 N–H and O–H groups in total. The van der Waals surface area contributed by atoms with Crippen LogP contribution in [-0.4, -0.2) is 32.0 Å². The van der Waals surface area contributed by atoms with Crippen LogP contribution < -0.4 is 16.0 Å². The zero-order valence-electron chi connectivity index (χ0n) is 15.5. The molecular weight excluding hydrogens is 439 g/mol. The van der Waals surface area contributed by atoms with Crippen LogP contribution in [0.5, 0.6) is 0 Å². The first-order valence-corrected chi connectivity index (χ1v) is 8.44. The number of hydrogen-bond acceptors (Lipinski definition) is 2. The number of aryl methyl sites for hydroxylation is 2. The Bertz CT molecular complexity index is 746. The Kier molecular flexibility index (Phi) is 9.72. The van der Waals surface area contributed by atoms with Gasteiger partial charge in [-0.3, -0.25) is 9.79 Å². The molecule has 0 spiro atoms. The van der Waals surface area contributed by atoms with Crippen LogP contribution in [-0.2, 0) is 6.54 Å². The van der Waals surface area contributed by atoms with E-state index in [2.05, 4.69) is 40.0 Å². The lowest BCUT2D eigenvalue weighted by molar-refractivity contribution is 0.0954. The van der Waals surface area contributed by atoms with Crippen molar-refractivity contribution in [3.05, 3.63) is 70.8 Å². The van der Waals surface area contributed by atoms with Crippen molar-refractivity contribution in [3.63, 3.8) is 0 Å². The Morgan fingerprint density at radius 2 is 1.69 bits per heavy atom. The molecule has 140 valence electrons. The highest BCUT2D eigenvalue weighted by Crippen LogP contribution is 2.06. The van der Waals surface area contributed by atoms with Gasteiger partial charge < -0.3 is 16.0 Å². The zero-order valence-corrected chi connectivity index (χ0v) is 17.8. The molecule has 0 radical (unpaired) electrons. The van der Waals surface area contributed by atoms with E-state index in [0.29, 0.717) is 31.2 Å². The number of rotatable bonds is 6. The number of carbonyl (C=O) groups is 1. The molecule has 2 rings (SSSR count). The Hall–Kier alpha value is -2.09. The summed E-state index contributed by atoms with van der Waals surface area (Å²) in [5.41, 5.74) is 4.24. The number of amides is 1. The number of hydrogen-bond donors (Lipinski definition) is 3. The molecule has 26 heavy (non-hydrogen) atoms. The number of aliphatic imine (C=N–C) groups is 1. The van der Waals surface area contributed by atoms with Crippen LogP contribution in [0, 0.1) is 13.8 Å². The zero-order chi connectivity index (χ0) is 18.1. The molecular formula is C20H27IN4O. The number of guanidine groups is 1. The van der Waals surface area contributed by atoms with Crippen LogP contribution in [0.3, 0.4) is 0 Å². The first kappa shape index (κ1) is 22.0. The molecule has 0 aromatic heterocycles. The number of carbonyl (C=O) groups excluding carboxylic acids is 1. The van der Waals surface area contributed by atoms with Gasteiger partial charge in [0.05, 0.1) is 0 Å². The third-order valence-electron chi connectivity index (χ3n) is 3.91. The predicted molar refractivity (Wildman–Crippen MR) is 118 cm³/mol. The lowest BCUT2D eigenvalue weighted by atomic mass is 10.1. The van der Waals surface area contributed by atoms with Gasteiger partial charge in [0.15, 0.2) is 5.96 Å². The number of halogens is 1. The number of benzene rings is 2. The van der Waals surface area contributed by atoms with E-state index in [-0.39, 0.29) is 29.9 Å². The first-order chi connectivity index (χ1) is 12.1. The molecule has 0 aliphatic carbocycles. The normalized spacial score (nSPS) is 10.7. The fraction of sp³-hybridized carbons (Fsp3) is 0.300. The second kappa shape index (κ2) is 11.5. The van der Waals surface area contributed by atoms with Crippen LogP contribution in [0.15, 0.2) is 53.5 Å². The van der Waals surface area contributed by atoms with Gasteiger partial charge in [-0.15, -0.1) is 24.0 Å². The van der Waals surface area contributed by atoms with Crippen LogP contribution in [0.25, 0.3) is 0 Å². The summed E-state index contributed by atoms with van der Waals surface area (Å²) in [6, 6.07) is 15.8. The van der Waals surface area contributed by atoms with Gasteiger partial charge in [0.25, 0.3) is 5.91 Å². The van der Waals surface area contributed by atoms with Gasteiger partial charge in [0.1, 0.15) is 0 Å².